The van der Waals surface area contributed by atoms with Crippen molar-refractivity contribution in [2.24, 2.45) is 0 Å². The summed E-state index contributed by atoms with van der Waals surface area (Å²) in [6.07, 6.45) is -0.480. The predicted octanol–water partition coefficient (Wildman–Crippen LogP) is 1.78. The van der Waals surface area contributed by atoms with Crippen LogP contribution in [0, 0.1) is 17.5 Å². The molecule has 0 bridgehead atoms. The van der Waals surface area contributed by atoms with Crippen molar-refractivity contribution in [2.45, 2.75) is 6.42 Å². The van der Waals surface area contributed by atoms with Crippen molar-refractivity contribution in [3.05, 3.63) is 23.0 Å². The molecule has 0 aliphatic rings. The molecule has 0 spiro atoms. The topological polar surface area (TPSA) is 52.0 Å². The number of hydrogen-bond acceptors (Lipinski definition) is 2. The van der Waals surface area contributed by atoms with Gasteiger partial charge in [-0.3, -0.25) is 4.39 Å². The molecular weight excluding hydrogens is 200 g/mol. The van der Waals surface area contributed by atoms with Gasteiger partial charge in [0.2, 0.25) is 0 Å². The number of anilines is 2. The normalized spacial score (nSPS) is 10.6. The number of rotatable bonds is 2. The van der Waals surface area contributed by atoms with Crippen molar-refractivity contribution in [3.63, 3.8) is 0 Å². The zero-order chi connectivity index (χ0) is 10.9. The van der Waals surface area contributed by atoms with E-state index in [1.165, 1.54) is 0 Å². The predicted molar refractivity (Wildman–Crippen MR) is 44.8 cm³/mol. The number of hydrogen-bond donors (Lipinski definition) is 2. The number of halogens is 4. The molecule has 78 valence electrons. The van der Waals surface area contributed by atoms with Crippen LogP contribution < -0.4 is 11.5 Å². The maximum atomic E-state index is 13.0. The summed E-state index contributed by atoms with van der Waals surface area (Å²) >= 11 is 0. The van der Waals surface area contributed by atoms with Gasteiger partial charge in [-0.05, 0) is 0 Å². The van der Waals surface area contributed by atoms with Crippen molar-refractivity contribution in [2.75, 3.05) is 18.1 Å². The first-order valence-electron chi connectivity index (χ1n) is 3.77. The van der Waals surface area contributed by atoms with Crippen LogP contribution in [0.1, 0.15) is 5.56 Å². The molecule has 0 fully saturated rings. The zero-order valence-electron chi connectivity index (χ0n) is 7.08. The monoisotopic (exact) mass is 208 g/mol. The van der Waals surface area contributed by atoms with E-state index in [0.29, 0.717) is 0 Å². The summed E-state index contributed by atoms with van der Waals surface area (Å²) in [5.41, 5.74) is 7.86. The molecule has 0 amide bonds. The fourth-order valence-corrected chi connectivity index (χ4v) is 1.08. The van der Waals surface area contributed by atoms with Crippen molar-refractivity contribution in [1.82, 2.24) is 0 Å². The smallest absolute Gasteiger partial charge is 0.185 e. The van der Waals surface area contributed by atoms with E-state index in [1.54, 1.807) is 0 Å². The average molecular weight is 208 g/mol. The Morgan fingerprint density at radius 3 is 1.93 bits per heavy atom. The van der Waals surface area contributed by atoms with Crippen molar-refractivity contribution in [1.29, 1.82) is 0 Å². The second kappa shape index (κ2) is 3.73. The third-order valence-electron chi connectivity index (χ3n) is 1.84. The summed E-state index contributed by atoms with van der Waals surface area (Å²) in [5.74, 6) is -4.16. The molecule has 6 heteroatoms. The lowest BCUT2D eigenvalue weighted by Crippen LogP contribution is -2.09. The lowest BCUT2D eigenvalue weighted by molar-refractivity contribution is 0.463. The van der Waals surface area contributed by atoms with E-state index >= 15 is 0 Å². The van der Waals surface area contributed by atoms with Crippen LogP contribution >= 0.6 is 0 Å². The van der Waals surface area contributed by atoms with E-state index in [2.05, 4.69) is 0 Å². The Morgan fingerprint density at radius 1 is 0.857 bits per heavy atom. The molecule has 0 saturated carbocycles. The molecular formula is C8H8F4N2. The fourth-order valence-electron chi connectivity index (χ4n) is 1.08. The standard InChI is InChI=1S/C8H8F4N2/c9-2-1-3-4(10)5(11)8(14)6(12)7(3)13/h1-2,13-14H2. The van der Waals surface area contributed by atoms with Crippen LogP contribution in [-0.2, 0) is 6.42 Å². The van der Waals surface area contributed by atoms with Gasteiger partial charge in [0.25, 0.3) is 0 Å². The van der Waals surface area contributed by atoms with Crippen LogP contribution in [0.3, 0.4) is 0 Å². The Hall–Kier alpha value is -1.46. The lowest BCUT2D eigenvalue weighted by atomic mass is 10.1. The van der Waals surface area contributed by atoms with Gasteiger partial charge in [-0.2, -0.15) is 0 Å². The van der Waals surface area contributed by atoms with Crippen LogP contribution in [-0.4, -0.2) is 6.67 Å². The fraction of sp³-hybridized carbons (Fsp3) is 0.250. The van der Waals surface area contributed by atoms with Gasteiger partial charge in [0, 0.05) is 12.0 Å². The molecule has 14 heavy (non-hydrogen) atoms. The van der Waals surface area contributed by atoms with E-state index in [-0.39, 0.29) is 0 Å². The molecule has 0 heterocycles. The SMILES string of the molecule is Nc1c(F)c(N)c(CCF)c(F)c1F. The molecule has 0 atom stereocenters. The summed E-state index contributed by atoms with van der Waals surface area (Å²) in [4.78, 5) is 0. The summed E-state index contributed by atoms with van der Waals surface area (Å²) in [7, 11) is 0. The second-order valence-electron chi connectivity index (χ2n) is 2.69. The quantitative estimate of drug-likeness (QED) is 0.442. The highest BCUT2D eigenvalue weighted by Gasteiger charge is 2.21. The first kappa shape index (κ1) is 10.6. The van der Waals surface area contributed by atoms with Crippen molar-refractivity contribution in [3.8, 4) is 0 Å². The Bertz CT molecular complexity index is 336. The largest absolute Gasteiger partial charge is 0.396 e. The van der Waals surface area contributed by atoms with Crippen LogP contribution in [0.25, 0.3) is 0 Å². The van der Waals surface area contributed by atoms with Crippen LogP contribution in [0.2, 0.25) is 0 Å². The van der Waals surface area contributed by atoms with Gasteiger partial charge >= 0.3 is 0 Å². The average Bonchev–Trinajstić information content (AvgIpc) is 2.19. The van der Waals surface area contributed by atoms with Gasteiger partial charge in [-0.1, -0.05) is 0 Å². The van der Waals surface area contributed by atoms with E-state index in [0.717, 1.165) is 0 Å². The molecule has 1 aromatic carbocycles. The number of nitrogens with two attached hydrogens (primary N) is 2. The molecule has 1 rings (SSSR count). The van der Waals surface area contributed by atoms with Crippen LogP contribution in [0.5, 0.6) is 0 Å². The van der Waals surface area contributed by atoms with E-state index in [1.807, 2.05) is 0 Å². The zero-order valence-corrected chi connectivity index (χ0v) is 7.08. The summed E-state index contributed by atoms with van der Waals surface area (Å²) in [6, 6.07) is 0. The number of alkyl halides is 1. The van der Waals surface area contributed by atoms with Gasteiger partial charge in [-0.15, -0.1) is 0 Å². The van der Waals surface area contributed by atoms with Gasteiger partial charge in [0.1, 0.15) is 5.69 Å². The first-order valence-corrected chi connectivity index (χ1v) is 3.77. The molecule has 4 N–H and O–H groups in total. The Labute approximate surface area is 77.5 Å². The van der Waals surface area contributed by atoms with E-state index < -0.39 is 47.5 Å². The molecule has 0 aliphatic carbocycles. The summed E-state index contributed by atoms with van der Waals surface area (Å²) in [5, 5.41) is 0. The second-order valence-corrected chi connectivity index (χ2v) is 2.69. The maximum Gasteiger partial charge on any atom is 0.185 e. The van der Waals surface area contributed by atoms with E-state index in [9.17, 15) is 17.6 Å². The first-order chi connectivity index (χ1) is 6.50. The molecule has 0 saturated heterocycles. The molecule has 0 aromatic heterocycles. The highest BCUT2D eigenvalue weighted by molar-refractivity contribution is 5.60. The molecule has 0 unspecified atom stereocenters. The van der Waals surface area contributed by atoms with Gasteiger partial charge in [-0.25, -0.2) is 13.2 Å². The summed E-state index contributed by atoms with van der Waals surface area (Å²) < 4.78 is 50.7. The van der Waals surface area contributed by atoms with Crippen LogP contribution in [0.15, 0.2) is 0 Å². The minimum Gasteiger partial charge on any atom is -0.396 e. The number of nitrogen functional groups attached to an aromatic ring is 2. The third-order valence-corrected chi connectivity index (χ3v) is 1.84. The summed E-state index contributed by atoms with van der Waals surface area (Å²) in [6.45, 7) is -0.954. The minimum absolute atomic E-state index is 0.480. The lowest BCUT2D eigenvalue weighted by Gasteiger charge is -2.09. The highest BCUT2D eigenvalue weighted by Crippen LogP contribution is 2.29. The van der Waals surface area contributed by atoms with Gasteiger partial charge in [0.15, 0.2) is 17.5 Å². The Kier molecular flexibility index (Phi) is 2.83. The molecule has 0 aliphatic heterocycles. The molecule has 0 radical (unpaired) electrons. The van der Waals surface area contributed by atoms with Gasteiger partial charge in [0.05, 0.1) is 12.4 Å². The third kappa shape index (κ3) is 1.47. The van der Waals surface area contributed by atoms with Crippen LogP contribution in [0.4, 0.5) is 28.9 Å². The minimum atomic E-state index is -1.53. The Morgan fingerprint density at radius 2 is 1.43 bits per heavy atom. The van der Waals surface area contributed by atoms with Gasteiger partial charge < -0.3 is 11.5 Å². The Balaban J connectivity index is 3.43. The highest BCUT2D eigenvalue weighted by atomic mass is 19.2. The maximum absolute atomic E-state index is 13.0. The molecule has 2 nitrogen and oxygen atoms in total. The van der Waals surface area contributed by atoms with Crippen molar-refractivity contribution >= 4 is 11.4 Å². The molecule has 1 aromatic rings. The van der Waals surface area contributed by atoms with E-state index in [4.69, 9.17) is 11.5 Å². The van der Waals surface area contributed by atoms with Crippen molar-refractivity contribution < 1.29 is 17.6 Å². The number of benzene rings is 1.